The Kier molecular flexibility index (Phi) is 5.14. The molecule has 1 aliphatic carbocycles. The van der Waals surface area contributed by atoms with Crippen LogP contribution < -0.4 is 5.73 Å². The molecule has 0 spiro atoms. The van der Waals surface area contributed by atoms with Gasteiger partial charge in [-0.1, -0.05) is 12.8 Å². The molecule has 1 fully saturated rings. The number of benzene rings is 1. The number of phenolic OH excluding ortho intramolecular Hbond substituents is 1. The first-order chi connectivity index (χ1) is 8.52. The zero-order valence-corrected chi connectivity index (χ0v) is 11.7. The van der Waals surface area contributed by atoms with E-state index < -0.39 is 11.0 Å². The molecule has 1 aromatic rings. The van der Waals surface area contributed by atoms with Gasteiger partial charge in [0.1, 0.15) is 5.75 Å². The Morgan fingerprint density at radius 2 is 2.00 bits per heavy atom. The number of hydrogen-bond acceptors (Lipinski definition) is 4. The quantitative estimate of drug-likeness (QED) is 0.659. The van der Waals surface area contributed by atoms with Gasteiger partial charge in [-0.2, -0.15) is 0 Å². The fourth-order valence-corrected chi connectivity index (χ4v) is 2.75. The molecule has 1 aromatic carbocycles. The van der Waals surface area contributed by atoms with Gasteiger partial charge in [0.25, 0.3) is 5.69 Å². The minimum atomic E-state index is -0.469. The lowest BCUT2D eigenvalue weighted by Crippen LogP contribution is -2.20. The maximum absolute atomic E-state index is 11.0. The Hall–Kier alpha value is -1.33. The van der Waals surface area contributed by atoms with Gasteiger partial charge in [-0.15, -0.1) is 12.4 Å². The zero-order valence-electron chi connectivity index (χ0n) is 10.8. The lowest BCUT2D eigenvalue weighted by atomic mass is 9.89. The van der Waals surface area contributed by atoms with E-state index in [0.717, 1.165) is 25.7 Å². The van der Waals surface area contributed by atoms with E-state index in [-0.39, 0.29) is 29.8 Å². The number of nitro groups is 1. The van der Waals surface area contributed by atoms with Gasteiger partial charge in [-0.25, -0.2) is 0 Å². The standard InChI is InChI=1S/C13H18N2O3.ClH/c1-8-6-7-10(15(17)18)11(13(8)16)12(14)9-4-2-3-5-9;/h6-7,9,12,16H,2-5,14H2,1H3;1H/t12-;/m0./s1. The van der Waals surface area contributed by atoms with Crippen LogP contribution in [0.25, 0.3) is 0 Å². The summed E-state index contributed by atoms with van der Waals surface area (Å²) < 4.78 is 0. The monoisotopic (exact) mass is 286 g/mol. The van der Waals surface area contributed by atoms with Crippen LogP contribution >= 0.6 is 12.4 Å². The zero-order chi connectivity index (χ0) is 13.3. The SMILES string of the molecule is Cc1ccc([N+](=O)[O-])c([C@@H](N)C2CCCC2)c1O.Cl. The molecule has 106 valence electrons. The lowest BCUT2D eigenvalue weighted by Gasteiger charge is -2.20. The van der Waals surface area contributed by atoms with Crippen molar-refractivity contribution in [3.05, 3.63) is 33.4 Å². The van der Waals surface area contributed by atoms with E-state index in [2.05, 4.69) is 0 Å². The molecule has 0 bridgehead atoms. The summed E-state index contributed by atoms with van der Waals surface area (Å²) in [5.41, 5.74) is 7.00. The van der Waals surface area contributed by atoms with Crippen LogP contribution in [-0.4, -0.2) is 10.0 Å². The van der Waals surface area contributed by atoms with Crippen LogP contribution in [-0.2, 0) is 0 Å². The number of aryl methyl sites for hydroxylation is 1. The number of aromatic hydroxyl groups is 1. The Morgan fingerprint density at radius 3 is 2.53 bits per heavy atom. The van der Waals surface area contributed by atoms with Crippen molar-refractivity contribution in [1.29, 1.82) is 0 Å². The molecule has 1 saturated carbocycles. The smallest absolute Gasteiger partial charge is 0.277 e. The van der Waals surface area contributed by atoms with Gasteiger partial charge in [0.15, 0.2) is 0 Å². The predicted molar refractivity (Wildman–Crippen MR) is 75.6 cm³/mol. The van der Waals surface area contributed by atoms with Crippen molar-refractivity contribution in [3.63, 3.8) is 0 Å². The average molecular weight is 287 g/mol. The first-order valence-corrected chi connectivity index (χ1v) is 6.24. The largest absolute Gasteiger partial charge is 0.507 e. The maximum Gasteiger partial charge on any atom is 0.277 e. The molecule has 2 rings (SSSR count). The minimum absolute atomic E-state index is 0. The second-order valence-electron chi connectivity index (χ2n) is 4.99. The molecule has 0 amide bonds. The van der Waals surface area contributed by atoms with E-state index in [1.165, 1.54) is 6.07 Å². The molecule has 6 heteroatoms. The van der Waals surface area contributed by atoms with Crippen LogP contribution in [0.2, 0.25) is 0 Å². The summed E-state index contributed by atoms with van der Waals surface area (Å²) in [4.78, 5) is 10.6. The summed E-state index contributed by atoms with van der Waals surface area (Å²) in [6.45, 7) is 1.73. The van der Waals surface area contributed by atoms with Crippen molar-refractivity contribution in [2.24, 2.45) is 11.7 Å². The minimum Gasteiger partial charge on any atom is -0.507 e. The van der Waals surface area contributed by atoms with Crippen LogP contribution in [0.1, 0.15) is 42.9 Å². The molecule has 0 saturated heterocycles. The number of halogens is 1. The topological polar surface area (TPSA) is 89.4 Å². The van der Waals surface area contributed by atoms with Gasteiger partial charge in [-0.3, -0.25) is 10.1 Å². The molecule has 3 N–H and O–H groups in total. The molecule has 0 radical (unpaired) electrons. The van der Waals surface area contributed by atoms with E-state index in [9.17, 15) is 15.2 Å². The van der Waals surface area contributed by atoms with E-state index in [1.54, 1.807) is 13.0 Å². The second-order valence-corrected chi connectivity index (χ2v) is 4.99. The number of nitrogens with zero attached hydrogens (tertiary/aromatic N) is 1. The first-order valence-electron chi connectivity index (χ1n) is 6.24. The summed E-state index contributed by atoms with van der Waals surface area (Å²) in [7, 11) is 0. The van der Waals surface area contributed by atoms with Crippen LogP contribution in [0.4, 0.5) is 5.69 Å². The summed E-state index contributed by atoms with van der Waals surface area (Å²) in [6, 6.07) is 2.53. The van der Waals surface area contributed by atoms with Crippen molar-refractivity contribution < 1.29 is 10.0 Å². The van der Waals surface area contributed by atoms with Crippen molar-refractivity contribution in [3.8, 4) is 5.75 Å². The van der Waals surface area contributed by atoms with Gasteiger partial charge in [0.2, 0.25) is 0 Å². The van der Waals surface area contributed by atoms with Gasteiger partial charge in [0, 0.05) is 12.1 Å². The fourth-order valence-electron chi connectivity index (χ4n) is 2.75. The molecule has 0 aliphatic heterocycles. The highest BCUT2D eigenvalue weighted by Gasteiger charge is 2.31. The summed E-state index contributed by atoms with van der Waals surface area (Å²) in [5, 5.41) is 21.1. The second kappa shape index (κ2) is 6.21. The normalized spacial score (nSPS) is 16.9. The van der Waals surface area contributed by atoms with Crippen LogP contribution in [0.5, 0.6) is 5.75 Å². The lowest BCUT2D eigenvalue weighted by molar-refractivity contribution is -0.385. The highest BCUT2D eigenvalue weighted by molar-refractivity contribution is 5.85. The number of phenols is 1. The molecule has 0 unspecified atom stereocenters. The van der Waals surface area contributed by atoms with Crippen molar-refractivity contribution >= 4 is 18.1 Å². The summed E-state index contributed by atoms with van der Waals surface area (Å²) in [5.74, 6) is 0.208. The fraction of sp³-hybridized carbons (Fsp3) is 0.538. The highest BCUT2D eigenvalue weighted by Crippen LogP contribution is 2.42. The molecule has 19 heavy (non-hydrogen) atoms. The number of rotatable bonds is 3. The Balaban J connectivity index is 0.00000180. The number of nitrogens with two attached hydrogens (primary N) is 1. The van der Waals surface area contributed by atoms with E-state index in [0.29, 0.717) is 11.1 Å². The Morgan fingerprint density at radius 1 is 1.42 bits per heavy atom. The maximum atomic E-state index is 11.0. The molecule has 0 heterocycles. The van der Waals surface area contributed by atoms with Gasteiger partial charge in [0.05, 0.1) is 10.5 Å². The summed E-state index contributed by atoms with van der Waals surface area (Å²) in [6.07, 6.45) is 4.18. The molecule has 5 nitrogen and oxygen atoms in total. The molecular weight excluding hydrogens is 268 g/mol. The third-order valence-corrected chi connectivity index (χ3v) is 3.83. The van der Waals surface area contributed by atoms with Crippen LogP contribution in [0, 0.1) is 23.0 Å². The number of hydrogen-bond donors (Lipinski definition) is 2. The van der Waals surface area contributed by atoms with E-state index in [4.69, 9.17) is 5.73 Å². The predicted octanol–water partition coefficient (Wildman–Crippen LogP) is 3.22. The first kappa shape index (κ1) is 15.7. The third kappa shape index (κ3) is 2.98. The molecular formula is C13H19ClN2O3. The van der Waals surface area contributed by atoms with Crippen molar-refractivity contribution in [2.45, 2.75) is 38.6 Å². The Bertz CT molecular complexity index is 473. The molecule has 1 aliphatic rings. The van der Waals surface area contributed by atoms with Crippen LogP contribution in [0.15, 0.2) is 12.1 Å². The average Bonchev–Trinajstić information content (AvgIpc) is 2.84. The molecule has 1 atom stereocenters. The third-order valence-electron chi connectivity index (χ3n) is 3.83. The van der Waals surface area contributed by atoms with Crippen molar-refractivity contribution in [1.82, 2.24) is 0 Å². The highest BCUT2D eigenvalue weighted by atomic mass is 35.5. The van der Waals surface area contributed by atoms with Gasteiger partial charge in [-0.05, 0) is 37.3 Å². The van der Waals surface area contributed by atoms with Crippen LogP contribution in [0.3, 0.4) is 0 Å². The van der Waals surface area contributed by atoms with Gasteiger partial charge < -0.3 is 10.8 Å². The summed E-state index contributed by atoms with van der Waals surface area (Å²) >= 11 is 0. The van der Waals surface area contributed by atoms with Gasteiger partial charge >= 0.3 is 0 Å². The molecule has 0 aromatic heterocycles. The van der Waals surface area contributed by atoms with E-state index in [1.807, 2.05) is 0 Å². The van der Waals surface area contributed by atoms with Crippen molar-refractivity contribution in [2.75, 3.05) is 0 Å². The number of nitro benzene ring substituents is 1. The Labute approximate surface area is 118 Å². The van der Waals surface area contributed by atoms with E-state index >= 15 is 0 Å².